The smallest absolute Gasteiger partial charge is 0.409 e. The molecule has 25 heavy (non-hydrogen) atoms. The van der Waals surface area contributed by atoms with Gasteiger partial charge in [0, 0.05) is 45.2 Å². The summed E-state index contributed by atoms with van der Waals surface area (Å²) in [6, 6.07) is 0.408. The maximum atomic E-state index is 11.7. The summed E-state index contributed by atoms with van der Waals surface area (Å²) in [5.74, 6) is 0.706. The summed E-state index contributed by atoms with van der Waals surface area (Å²) in [6.45, 7) is 7.96. The third kappa shape index (κ3) is 9.71. The second kappa shape index (κ2) is 13.0. The van der Waals surface area contributed by atoms with Crippen LogP contribution in [0.15, 0.2) is 4.99 Å². The molecule has 1 heterocycles. The van der Waals surface area contributed by atoms with Gasteiger partial charge in [0.15, 0.2) is 5.96 Å². The van der Waals surface area contributed by atoms with Crippen LogP contribution in [0.4, 0.5) is 4.79 Å². The van der Waals surface area contributed by atoms with Crippen molar-refractivity contribution in [2.24, 2.45) is 4.99 Å². The van der Waals surface area contributed by atoms with Gasteiger partial charge in [0.25, 0.3) is 0 Å². The first-order chi connectivity index (χ1) is 11.5. The van der Waals surface area contributed by atoms with Gasteiger partial charge in [-0.05, 0) is 33.6 Å². The highest BCUT2D eigenvalue weighted by Gasteiger charge is 2.23. The molecule has 0 spiro atoms. The van der Waals surface area contributed by atoms with E-state index in [-0.39, 0.29) is 48.1 Å². The van der Waals surface area contributed by atoms with Gasteiger partial charge < -0.3 is 25.6 Å². The predicted molar refractivity (Wildman–Crippen MR) is 109 cm³/mol. The van der Waals surface area contributed by atoms with E-state index in [0.717, 1.165) is 12.8 Å². The van der Waals surface area contributed by atoms with E-state index in [1.165, 1.54) is 0 Å². The number of nitrogens with zero attached hydrogens (tertiary/aromatic N) is 2. The molecule has 1 fully saturated rings. The number of halogens is 1. The normalized spacial score (nSPS) is 15.4. The lowest BCUT2D eigenvalue weighted by Gasteiger charge is -2.32. The van der Waals surface area contributed by atoms with Gasteiger partial charge in [-0.25, -0.2) is 4.79 Å². The second-order valence-electron chi connectivity index (χ2n) is 6.08. The van der Waals surface area contributed by atoms with Crippen LogP contribution in [0.3, 0.4) is 0 Å². The Balaban J connectivity index is 0.00000576. The number of likely N-dealkylation sites (tertiary alicyclic amines) is 1. The van der Waals surface area contributed by atoms with Crippen LogP contribution in [0.1, 0.15) is 40.0 Å². The zero-order valence-corrected chi connectivity index (χ0v) is 18.0. The molecule has 1 saturated heterocycles. The van der Waals surface area contributed by atoms with Crippen molar-refractivity contribution in [3.63, 3.8) is 0 Å². The Bertz CT molecular complexity index is 437. The Morgan fingerprint density at radius 2 is 1.92 bits per heavy atom. The number of carbonyl (C=O) groups is 2. The summed E-state index contributed by atoms with van der Waals surface area (Å²) < 4.78 is 5.01. The molecule has 0 unspecified atom stereocenters. The molecule has 0 aromatic heterocycles. The maximum Gasteiger partial charge on any atom is 0.409 e. The lowest BCUT2D eigenvalue weighted by Crippen LogP contribution is -2.50. The Hall–Kier alpha value is -1.26. The van der Waals surface area contributed by atoms with E-state index >= 15 is 0 Å². The summed E-state index contributed by atoms with van der Waals surface area (Å²) in [5, 5.41) is 9.34. The number of ether oxygens (including phenoxy) is 1. The molecule has 3 N–H and O–H groups in total. The molecule has 1 aliphatic heterocycles. The Morgan fingerprint density at radius 1 is 1.28 bits per heavy atom. The number of guanidine groups is 1. The summed E-state index contributed by atoms with van der Waals surface area (Å²) in [7, 11) is 1.71. The minimum absolute atomic E-state index is 0. The van der Waals surface area contributed by atoms with E-state index in [9.17, 15) is 9.59 Å². The van der Waals surface area contributed by atoms with Gasteiger partial charge in [-0.3, -0.25) is 9.79 Å². The average molecular weight is 469 g/mol. The van der Waals surface area contributed by atoms with Crippen molar-refractivity contribution in [2.45, 2.75) is 52.1 Å². The molecular formula is C16H32IN5O3. The van der Waals surface area contributed by atoms with Crippen LogP contribution < -0.4 is 16.0 Å². The molecule has 0 aliphatic carbocycles. The molecule has 0 saturated carbocycles. The summed E-state index contributed by atoms with van der Waals surface area (Å²) in [4.78, 5) is 29.2. The van der Waals surface area contributed by atoms with Crippen molar-refractivity contribution >= 4 is 41.9 Å². The van der Waals surface area contributed by atoms with Crippen molar-refractivity contribution in [1.29, 1.82) is 0 Å². The van der Waals surface area contributed by atoms with Gasteiger partial charge in [-0.15, -0.1) is 24.0 Å². The molecule has 8 nitrogen and oxygen atoms in total. The summed E-state index contributed by atoms with van der Waals surface area (Å²) >= 11 is 0. The van der Waals surface area contributed by atoms with Crippen molar-refractivity contribution in [3.8, 4) is 0 Å². The standard InChI is InChI=1S/C16H31N5O3.HI/c1-5-24-16(23)21-10-7-13(8-11-21)20-15(17-4)18-9-6-14(22)19-12(2)3;/h12-13H,5-11H2,1-4H3,(H,19,22)(H2,17,18,20);1H. The van der Waals surface area contributed by atoms with Gasteiger partial charge in [0.05, 0.1) is 6.61 Å². The quantitative estimate of drug-likeness (QED) is 0.310. The van der Waals surface area contributed by atoms with E-state index in [1.807, 2.05) is 20.8 Å². The first-order valence-corrected chi connectivity index (χ1v) is 8.64. The molecule has 0 bridgehead atoms. The minimum Gasteiger partial charge on any atom is -0.450 e. The van der Waals surface area contributed by atoms with E-state index in [0.29, 0.717) is 38.6 Å². The molecule has 1 rings (SSSR count). The van der Waals surface area contributed by atoms with Crippen LogP contribution >= 0.6 is 24.0 Å². The number of hydrogen-bond acceptors (Lipinski definition) is 4. The largest absolute Gasteiger partial charge is 0.450 e. The number of amides is 2. The zero-order valence-electron chi connectivity index (χ0n) is 15.6. The fourth-order valence-corrected chi connectivity index (χ4v) is 2.50. The Labute approximate surface area is 167 Å². The van der Waals surface area contributed by atoms with E-state index in [4.69, 9.17) is 4.74 Å². The lowest BCUT2D eigenvalue weighted by atomic mass is 10.1. The second-order valence-corrected chi connectivity index (χ2v) is 6.08. The topological polar surface area (TPSA) is 95.1 Å². The van der Waals surface area contributed by atoms with Crippen LogP contribution in [0, 0.1) is 0 Å². The van der Waals surface area contributed by atoms with E-state index < -0.39 is 0 Å². The highest BCUT2D eigenvalue weighted by molar-refractivity contribution is 14.0. The highest BCUT2D eigenvalue weighted by Crippen LogP contribution is 2.11. The number of carbonyl (C=O) groups excluding carboxylic acids is 2. The summed E-state index contributed by atoms with van der Waals surface area (Å²) in [5.41, 5.74) is 0. The fourth-order valence-electron chi connectivity index (χ4n) is 2.50. The third-order valence-electron chi connectivity index (χ3n) is 3.68. The molecular weight excluding hydrogens is 437 g/mol. The van der Waals surface area contributed by atoms with Crippen LogP contribution in [0.5, 0.6) is 0 Å². The van der Waals surface area contributed by atoms with Crippen LogP contribution in [0.2, 0.25) is 0 Å². The first-order valence-electron chi connectivity index (χ1n) is 8.64. The van der Waals surface area contributed by atoms with Crippen molar-refractivity contribution in [3.05, 3.63) is 0 Å². The molecule has 2 amide bonds. The summed E-state index contributed by atoms with van der Waals surface area (Å²) in [6.07, 6.45) is 1.84. The van der Waals surface area contributed by atoms with E-state index in [1.54, 1.807) is 11.9 Å². The average Bonchev–Trinajstić information content (AvgIpc) is 2.54. The Kier molecular flexibility index (Phi) is 12.4. The number of aliphatic imine (C=N–C) groups is 1. The lowest BCUT2D eigenvalue weighted by molar-refractivity contribution is -0.121. The first kappa shape index (κ1) is 23.7. The number of piperidine rings is 1. The Morgan fingerprint density at radius 3 is 2.44 bits per heavy atom. The molecule has 0 aromatic carbocycles. The molecule has 0 radical (unpaired) electrons. The number of nitrogens with one attached hydrogen (secondary N) is 3. The van der Waals surface area contributed by atoms with Crippen molar-refractivity contribution in [2.75, 3.05) is 33.3 Å². The molecule has 0 atom stereocenters. The van der Waals surface area contributed by atoms with Gasteiger partial charge in [0.2, 0.25) is 5.91 Å². The van der Waals surface area contributed by atoms with E-state index in [2.05, 4.69) is 20.9 Å². The highest BCUT2D eigenvalue weighted by atomic mass is 127. The molecule has 1 aliphatic rings. The van der Waals surface area contributed by atoms with Crippen LogP contribution in [0.25, 0.3) is 0 Å². The maximum absolute atomic E-state index is 11.7. The van der Waals surface area contributed by atoms with Crippen LogP contribution in [-0.2, 0) is 9.53 Å². The van der Waals surface area contributed by atoms with Crippen molar-refractivity contribution in [1.82, 2.24) is 20.9 Å². The fraction of sp³-hybridized carbons (Fsp3) is 0.812. The third-order valence-corrected chi connectivity index (χ3v) is 3.68. The van der Waals surface area contributed by atoms with Crippen molar-refractivity contribution < 1.29 is 14.3 Å². The molecule has 146 valence electrons. The SMILES string of the molecule is CCOC(=O)N1CCC(NC(=NC)NCCC(=O)NC(C)C)CC1.I. The van der Waals surface area contributed by atoms with Gasteiger partial charge in [0.1, 0.15) is 0 Å². The van der Waals surface area contributed by atoms with Gasteiger partial charge >= 0.3 is 6.09 Å². The number of rotatable bonds is 6. The molecule has 0 aromatic rings. The predicted octanol–water partition coefficient (Wildman–Crippen LogP) is 1.31. The number of hydrogen-bond donors (Lipinski definition) is 3. The zero-order chi connectivity index (χ0) is 17.9. The van der Waals surface area contributed by atoms with Gasteiger partial charge in [-0.2, -0.15) is 0 Å². The molecule has 9 heteroatoms. The van der Waals surface area contributed by atoms with Gasteiger partial charge in [-0.1, -0.05) is 0 Å². The van der Waals surface area contributed by atoms with Crippen LogP contribution in [-0.4, -0.2) is 68.2 Å². The monoisotopic (exact) mass is 469 g/mol. The minimum atomic E-state index is -0.241.